The summed E-state index contributed by atoms with van der Waals surface area (Å²) >= 11 is 0. The van der Waals surface area contributed by atoms with Crippen LogP contribution in [0.4, 0.5) is 4.79 Å². The maximum Gasteiger partial charge on any atom is 1.00 e. The Bertz CT molecular complexity index is 323. The Morgan fingerprint density at radius 3 is 1.00 bits per heavy atom. The van der Waals surface area contributed by atoms with Crippen LogP contribution >= 0.6 is 0 Å². The quantitative estimate of drug-likeness (QED) is 0.273. The van der Waals surface area contributed by atoms with E-state index in [0.29, 0.717) is 0 Å². The molecule has 0 aliphatic rings. The van der Waals surface area contributed by atoms with Gasteiger partial charge in [-0.05, 0) is 0 Å². The van der Waals surface area contributed by atoms with Crippen molar-refractivity contribution in [2.75, 3.05) is 0 Å². The smallest absolute Gasteiger partial charge is 0.550 e. The number of rotatable bonds is 5. The second kappa shape index (κ2) is 28.3. The van der Waals surface area contributed by atoms with Crippen molar-refractivity contribution >= 4 is 24.1 Å². The van der Waals surface area contributed by atoms with E-state index in [0.717, 1.165) is 0 Å². The molecule has 0 spiro atoms. The summed E-state index contributed by atoms with van der Waals surface area (Å²) in [5, 5.41) is 52.9. The first kappa shape index (κ1) is 56.3. The molecule has 0 fully saturated rings. The van der Waals surface area contributed by atoms with E-state index >= 15 is 0 Å². The fourth-order valence-electron chi connectivity index (χ4n) is 0.684. The van der Waals surface area contributed by atoms with Crippen molar-refractivity contribution in [2.24, 2.45) is 0 Å². The van der Waals surface area contributed by atoms with Crippen LogP contribution in [0.15, 0.2) is 0 Å². The van der Waals surface area contributed by atoms with Gasteiger partial charge in [-0.1, -0.05) is 0 Å². The van der Waals surface area contributed by atoms with Gasteiger partial charge in [0.2, 0.25) is 0 Å². The fourth-order valence-corrected chi connectivity index (χ4v) is 0.684. The Labute approximate surface area is 202 Å². The van der Waals surface area contributed by atoms with Gasteiger partial charge in [0.25, 0.3) is 0 Å². The Morgan fingerprint density at radius 2 is 0.917 bits per heavy atom. The van der Waals surface area contributed by atoms with E-state index in [1.807, 2.05) is 0 Å². The summed E-state index contributed by atoms with van der Waals surface area (Å²) in [7, 11) is 0. The summed E-state index contributed by atoms with van der Waals surface area (Å²) < 4.78 is 0. The summed E-state index contributed by atoms with van der Waals surface area (Å²) in [6, 6.07) is 0. The minimum atomic E-state index is -2.97. The molecule has 0 aliphatic heterocycles. The number of aliphatic hydroxyl groups is 1. The van der Waals surface area contributed by atoms with Crippen LogP contribution in [0.5, 0.6) is 0 Å². The third-order valence-corrected chi connectivity index (χ3v) is 1.25. The molecule has 0 heterocycles. The van der Waals surface area contributed by atoms with E-state index in [2.05, 4.69) is 0 Å². The average Bonchev–Trinajstić information content (AvgIpc) is 1.98. The van der Waals surface area contributed by atoms with E-state index in [9.17, 15) is 29.7 Å². The largest absolute Gasteiger partial charge is 1.00 e. The first-order chi connectivity index (χ1) is 7.51. The second-order valence-corrected chi connectivity index (χ2v) is 2.70. The molecule has 0 rings (SSSR count). The van der Waals surface area contributed by atoms with E-state index in [4.69, 9.17) is 20.1 Å². The Balaban J connectivity index is -0.0000000266. The van der Waals surface area contributed by atoms with Gasteiger partial charge in [0.1, 0.15) is 5.60 Å². The maximum absolute atomic E-state index is 10.1. The van der Waals surface area contributed by atoms with Gasteiger partial charge in [0.15, 0.2) is 0 Å². The first-order valence-corrected chi connectivity index (χ1v) is 3.76. The first-order valence-electron chi connectivity index (χ1n) is 3.76. The zero-order valence-electron chi connectivity index (χ0n) is 13.5. The number of carbonyl (C=O) groups is 4. The normalized spacial score (nSPS) is 6.88. The number of carboxylic acids is 3. The van der Waals surface area contributed by atoms with Crippen molar-refractivity contribution in [3.8, 4) is 0 Å². The molecule has 0 aromatic rings. The van der Waals surface area contributed by atoms with Crippen molar-refractivity contribution in [1.82, 2.24) is 12.3 Å². The fraction of sp³-hybridized carbons (Fsp3) is 0.429. The Kier molecular flexibility index (Phi) is 66.4. The number of carboxylic acid groups (broad SMARTS) is 5. The van der Waals surface area contributed by atoms with Crippen molar-refractivity contribution in [3.05, 3.63) is 0 Å². The molecule has 0 saturated carbocycles. The van der Waals surface area contributed by atoms with Crippen molar-refractivity contribution in [2.45, 2.75) is 18.4 Å². The summed E-state index contributed by atoms with van der Waals surface area (Å²) in [6.45, 7) is 0. The SMILES string of the molecule is N.N.O.O.O=C(O)O.O=C([O-])CC(O)(CC(=O)[O-])C(=O)[O-].[Na+].[Na+].[Na+]. The molecule has 0 aliphatic carbocycles. The van der Waals surface area contributed by atoms with Crippen molar-refractivity contribution < 1.29 is 149 Å². The molecule has 130 valence electrons. The molecule has 0 saturated heterocycles. The molecule has 24 heavy (non-hydrogen) atoms. The van der Waals surface area contributed by atoms with Gasteiger partial charge in [-0.2, -0.15) is 0 Å². The van der Waals surface area contributed by atoms with Crippen LogP contribution in [-0.4, -0.2) is 55.9 Å². The third-order valence-electron chi connectivity index (χ3n) is 1.25. The van der Waals surface area contributed by atoms with Gasteiger partial charge in [-0.25, -0.2) is 4.79 Å². The van der Waals surface area contributed by atoms with Crippen LogP contribution in [0.1, 0.15) is 12.8 Å². The van der Waals surface area contributed by atoms with Crippen LogP contribution in [0, 0.1) is 0 Å². The molecule has 0 atom stereocenters. The molecular weight excluding hydrogens is 373 g/mol. The van der Waals surface area contributed by atoms with E-state index < -0.39 is 42.5 Å². The maximum atomic E-state index is 10.1. The number of carbonyl (C=O) groups excluding carboxylic acids is 3. The van der Waals surface area contributed by atoms with Crippen molar-refractivity contribution in [3.63, 3.8) is 0 Å². The second-order valence-electron chi connectivity index (χ2n) is 2.70. The molecular formula is C7H17N2Na3O12. The van der Waals surface area contributed by atoms with Crippen LogP contribution in [0.2, 0.25) is 0 Å². The molecule has 0 bridgehead atoms. The zero-order chi connectivity index (χ0) is 14.2. The van der Waals surface area contributed by atoms with Crippen LogP contribution in [0.25, 0.3) is 0 Å². The summed E-state index contributed by atoms with van der Waals surface area (Å²) in [5.74, 6) is -5.98. The molecule has 0 aromatic carbocycles. The zero-order valence-corrected chi connectivity index (χ0v) is 19.5. The van der Waals surface area contributed by atoms with Gasteiger partial charge in [0, 0.05) is 24.8 Å². The standard InChI is InChI=1S/C6H8O7.CH2O3.2H3N.3Na.2H2O/c7-3(8)1-6(13,5(11)12)2-4(9)10;2-1(3)4;;;;;;;/h13H,1-2H2,(H,7,8)(H,9,10)(H,11,12);(H2,2,3,4);2*1H3;;;;2*1H2/q;;;;3*+1;;/p-3. The monoisotopic (exact) mass is 390 g/mol. The molecule has 17 heteroatoms. The molecule has 13 N–H and O–H groups in total. The number of hydrogen-bond donors (Lipinski definition) is 5. The molecule has 0 aromatic heterocycles. The van der Waals surface area contributed by atoms with Gasteiger partial charge in [-0.3, -0.25) is 0 Å². The Hall–Kier alpha value is 0.480. The van der Waals surface area contributed by atoms with Gasteiger partial charge >= 0.3 is 94.8 Å². The van der Waals surface area contributed by atoms with Crippen LogP contribution in [-0.2, 0) is 14.4 Å². The van der Waals surface area contributed by atoms with E-state index in [-0.39, 0.29) is 112 Å². The minimum Gasteiger partial charge on any atom is -0.550 e. The molecule has 0 amide bonds. The van der Waals surface area contributed by atoms with Gasteiger partial charge in [-0.15, -0.1) is 0 Å². The third kappa shape index (κ3) is 38.2. The van der Waals surface area contributed by atoms with Crippen molar-refractivity contribution in [1.29, 1.82) is 0 Å². The van der Waals surface area contributed by atoms with Gasteiger partial charge in [0.05, 0.1) is 5.97 Å². The number of aliphatic carboxylic acids is 3. The Morgan fingerprint density at radius 1 is 0.750 bits per heavy atom. The number of hydrogen-bond acceptors (Lipinski definition) is 10. The van der Waals surface area contributed by atoms with Crippen LogP contribution < -0.4 is 116 Å². The summed E-state index contributed by atoms with van der Waals surface area (Å²) in [5.41, 5.74) is -2.97. The van der Waals surface area contributed by atoms with Crippen LogP contribution in [0.3, 0.4) is 0 Å². The minimum absolute atomic E-state index is 0. The summed E-state index contributed by atoms with van der Waals surface area (Å²) in [4.78, 5) is 38.6. The summed E-state index contributed by atoms with van der Waals surface area (Å²) in [6.07, 6.45) is -4.55. The molecule has 0 radical (unpaired) electrons. The van der Waals surface area contributed by atoms with E-state index in [1.165, 1.54) is 0 Å². The molecule has 0 unspecified atom stereocenters. The van der Waals surface area contributed by atoms with E-state index in [1.54, 1.807) is 0 Å². The predicted molar refractivity (Wildman–Crippen MR) is 57.1 cm³/mol. The average molecular weight is 390 g/mol. The molecule has 14 nitrogen and oxygen atoms in total. The topological polar surface area (TPSA) is 331 Å². The predicted octanol–water partition coefficient (Wildman–Crippen LogP) is -15.3. The van der Waals surface area contributed by atoms with Gasteiger partial charge < -0.3 is 68.3 Å².